The van der Waals surface area contributed by atoms with Crippen molar-refractivity contribution in [1.29, 1.82) is 0 Å². The Morgan fingerprint density at radius 3 is 2.04 bits per heavy atom. The minimum atomic E-state index is -0.351. The number of hydrogen-bond donors (Lipinski definition) is 0. The van der Waals surface area contributed by atoms with Crippen LogP contribution in [0.4, 0.5) is 0 Å². The van der Waals surface area contributed by atoms with Crippen molar-refractivity contribution in [3.05, 3.63) is 0 Å². The van der Waals surface area contributed by atoms with Gasteiger partial charge in [0.1, 0.15) is 0 Å². The Labute approximate surface area is 155 Å². The van der Waals surface area contributed by atoms with Crippen molar-refractivity contribution in [2.75, 3.05) is 13.2 Å². The van der Waals surface area contributed by atoms with E-state index in [9.17, 15) is 9.59 Å². The maximum atomic E-state index is 12.2. The van der Waals surface area contributed by atoms with Crippen molar-refractivity contribution in [1.82, 2.24) is 0 Å². The second-order valence-electron chi connectivity index (χ2n) is 7.84. The van der Waals surface area contributed by atoms with Gasteiger partial charge in [-0.1, -0.05) is 73.1 Å². The summed E-state index contributed by atoms with van der Waals surface area (Å²) in [5.41, 5.74) is -0.351. The van der Waals surface area contributed by atoms with E-state index < -0.39 is 0 Å². The second-order valence-corrected chi connectivity index (χ2v) is 7.84. The first kappa shape index (κ1) is 23.9. The first-order chi connectivity index (χ1) is 11.9. The van der Waals surface area contributed by atoms with Gasteiger partial charge in [0.2, 0.25) is 0 Å². The Kier molecular flexibility index (Phi) is 13.5. The number of ether oxygens (including phenoxy) is 2. The highest BCUT2D eigenvalue weighted by Crippen LogP contribution is 2.20. The lowest BCUT2D eigenvalue weighted by atomic mass is 9.95. The van der Waals surface area contributed by atoms with Crippen molar-refractivity contribution >= 4 is 11.9 Å². The number of rotatable bonds is 15. The number of unbranched alkanes of at least 4 members (excludes halogenated alkanes) is 5. The van der Waals surface area contributed by atoms with Gasteiger partial charge in [-0.25, -0.2) is 0 Å². The van der Waals surface area contributed by atoms with Crippen LogP contribution >= 0.6 is 0 Å². The van der Waals surface area contributed by atoms with Gasteiger partial charge in [0.25, 0.3) is 0 Å². The molecule has 0 spiro atoms. The number of hydrogen-bond acceptors (Lipinski definition) is 4. The highest BCUT2D eigenvalue weighted by Gasteiger charge is 2.25. The van der Waals surface area contributed by atoms with Crippen LogP contribution in [0.3, 0.4) is 0 Å². The molecule has 148 valence electrons. The van der Waals surface area contributed by atoms with Crippen LogP contribution in [0.25, 0.3) is 0 Å². The Hall–Kier alpha value is -1.06. The van der Waals surface area contributed by atoms with Gasteiger partial charge in [0.05, 0.1) is 19.1 Å². The van der Waals surface area contributed by atoms with Crippen molar-refractivity contribution < 1.29 is 19.1 Å². The number of carbonyl (C=O) groups excluding carboxylic acids is 2. The largest absolute Gasteiger partial charge is 0.465 e. The molecule has 0 fully saturated rings. The highest BCUT2D eigenvalue weighted by molar-refractivity contribution is 5.72. The lowest BCUT2D eigenvalue weighted by Crippen LogP contribution is -2.30. The van der Waals surface area contributed by atoms with Crippen molar-refractivity contribution in [3.8, 4) is 0 Å². The van der Waals surface area contributed by atoms with Gasteiger partial charge in [0.15, 0.2) is 0 Å². The van der Waals surface area contributed by atoms with Gasteiger partial charge in [-0.2, -0.15) is 0 Å². The first-order valence-corrected chi connectivity index (χ1v) is 10.2. The lowest BCUT2D eigenvalue weighted by molar-refractivity contribution is -0.156. The maximum absolute atomic E-state index is 12.2. The van der Waals surface area contributed by atoms with E-state index in [1.807, 2.05) is 20.8 Å². The molecular weight excluding hydrogens is 316 g/mol. The van der Waals surface area contributed by atoms with Crippen LogP contribution in [0, 0.1) is 11.3 Å². The van der Waals surface area contributed by atoms with E-state index in [1.54, 1.807) is 0 Å². The number of carbonyl (C=O) groups is 2. The molecule has 0 aromatic heterocycles. The summed E-state index contributed by atoms with van der Waals surface area (Å²) >= 11 is 0. The standard InChI is InChI=1S/C21H40O4/c1-6-9-11-12-13-15-19(22)24-16-21(4,5)17-25-20(23)18(8-3)14-10-7-2/h18H,6-17H2,1-5H3. The minimum absolute atomic E-state index is 0.0126. The third-order valence-electron chi connectivity index (χ3n) is 4.45. The predicted octanol–water partition coefficient (Wildman–Crippen LogP) is 5.68. The van der Waals surface area contributed by atoms with Gasteiger partial charge < -0.3 is 9.47 Å². The molecule has 4 heteroatoms. The monoisotopic (exact) mass is 356 g/mol. The summed E-state index contributed by atoms with van der Waals surface area (Å²) < 4.78 is 10.9. The van der Waals surface area contributed by atoms with E-state index in [0.29, 0.717) is 13.0 Å². The SMILES string of the molecule is CCCCCCCC(=O)OCC(C)(C)COC(=O)C(CC)CCCC. The van der Waals surface area contributed by atoms with Gasteiger partial charge in [-0.3, -0.25) is 9.59 Å². The zero-order chi connectivity index (χ0) is 19.1. The molecule has 0 radical (unpaired) electrons. The van der Waals surface area contributed by atoms with Crippen LogP contribution in [0.5, 0.6) is 0 Å². The average Bonchev–Trinajstić information content (AvgIpc) is 2.59. The molecule has 0 saturated heterocycles. The van der Waals surface area contributed by atoms with Crippen LogP contribution < -0.4 is 0 Å². The summed E-state index contributed by atoms with van der Waals surface area (Å²) in [5, 5.41) is 0. The molecule has 1 atom stereocenters. The van der Waals surface area contributed by atoms with E-state index >= 15 is 0 Å². The minimum Gasteiger partial charge on any atom is -0.465 e. The molecule has 25 heavy (non-hydrogen) atoms. The summed E-state index contributed by atoms with van der Waals surface area (Å²) in [6, 6.07) is 0. The Bertz CT molecular complexity index is 363. The van der Waals surface area contributed by atoms with E-state index in [1.165, 1.54) is 19.3 Å². The zero-order valence-corrected chi connectivity index (χ0v) is 17.2. The zero-order valence-electron chi connectivity index (χ0n) is 17.2. The molecule has 0 aromatic carbocycles. The Morgan fingerprint density at radius 1 is 0.840 bits per heavy atom. The van der Waals surface area contributed by atoms with Gasteiger partial charge >= 0.3 is 11.9 Å². The van der Waals surface area contributed by atoms with Crippen LogP contribution in [-0.4, -0.2) is 25.2 Å². The molecule has 0 rings (SSSR count). The van der Waals surface area contributed by atoms with Crippen molar-refractivity contribution in [2.24, 2.45) is 11.3 Å². The number of esters is 2. The van der Waals surface area contributed by atoms with Crippen molar-refractivity contribution in [2.45, 2.75) is 98.8 Å². The Morgan fingerprint density at radius 2 is 1.44 bits per heavy atom. The molecule has 0 aliphatic rings. The van der Waals surface area contributed by atoms with Crippen LogP contribution in [-0.2, 0) is 19.1 Å². The van der Waals surface area contributed by atoms with E-state index in [2.05, 4.69) is 13.8 Å². The smallest absolute Gasteiger partial charge is 0.308 e. The lowest BCUT2D eigenvalue weighted by Gasteiger charge is -2.25. The molecule has 1 unspecified atom stereocenters. The van der Waals surface area contributed by atoms with Crippen LogP contribution in [0.2, 0.25) is 0 Å². The van der Waals surface area contributed by atoms with E-state index in [-0.39, 0.29) is 29.9 Å². The molecular formula is C21H40O4. The normalized spacial score (nSPS) is 12.7. The third kappa shape index (κ3) is 12.9. The van der Waals surface area contributed by atoms with E-state index in [0.717, 1.165) is 38.5 Å². The molecule has 0 aliphatic carbocycles. The average molecular weight is 357 g/mol. The fourth-order valence-corrected chi connectivity index (χ4v) is 2.59. The molecule has 4 nitrogen and oxygen atoms in total. The summed E-state index contributed by atoms with van der Waals surface area (Å²) in [5.74, 6) is -0.280. The maximum Gasteiger partial charge on any atom is 0.308 e. The van der Waals surface area contributed by atoms with Crippen LogP contribution in [0.1, 0.15) is 98.8 Å². The molecule has 0 heterocycles. The summed E-state index contributed by atoms with van der Waals surface area (Å²) in [4.78, 5) is 24.0. The summed E-state index contributed by atoms with van der Waals surface area (Å²) in [7, 11) is 0. The molecule has 0 aromatic rings. The summed E-state index contributed by atoms with van der Waals surface area (Å²) in [6.07, 6.45) is 9.90. The molecule has 0 N–H and O–H groups in total. The van der Waals surface area contributed by atoms with Crippen LogP contribution in [0.15, 0.2) is 0 Å². The third-order valence-corrected chi connectivity index (χ3v) is 4.45. The fourth-order valence-electron chi connectivity index (χ4n) is 2.59. The fraction of sp³-hybridized carbons (Fsp3) is 0.905. The van der Waals surface area contributed by atoms with Crippen molar-refractivity contribution in [3.63, 3.8) is 0 Å². The van der Waals surface area contributed by atoms with E-state index in [4.69, 9.17) is 9.47 Å². The topological polar surface area (TPSA) is 52.6 Å². The first-order valence-electron chi connectivity index (χ1n) is 10.2. The molecule has 0 saturated carbocycles. The highest BCUT2D eigenvalue weighted by atomic mass is 16.5. The predicted molar refractivity (Wildman–Crippen MR) is 102 cm³/mol. The van der Waals surface area contributed by atoms with Gasteiger partial charge in [-0.15, -0.1) is 0 Å². The second kappa shape index (κ2) is 14.1. The molecule has 0 bridgehead atoms. The quantitative estimate of drug-likeness (QED) is 0.280. The summed E-state index contributed by atoms with van der Waals surface area (Å²) in [6.45, 7) is 10.8. The Balaban J connectivity index is 4.02. The molecule has 0 amide bonds. The van der Waals surface area contributed by atoms with Gasteiger partial charge in [0, 0.05) is 11.8 Å². The van der Waals surface area contributed by atoms with Gasteiger partial charge in [-0.05, 0) is 19.3 Å². The molecule has 0 aliphatic heterocycles.